The molecule has 1 N–H and O–H groups in total. The van der Waals surface area contributed by atoms with E-state index in [1.54, 1.807) is 6.92 Å². The molecular weight excluding hydrogens is 158 g/mol. The van der Waals surface area contributed by atoms with Crippen LogP contribution < -0.4 is 0 Å². The molecular formula is C8H11NO3. The smallest absolute Gasteiger partial charge is 0.334 e. The molecule has 0 aliphatic heterocycles. The lowest BCUT2D eigenvalue weighted by Crippen LogP contribution is -2.01. The van der Waals surface area contributed by atoms with E-state index < -0.39 is 5.97 Å². The van der Waals surface area contributed by atoms with Gasteiger partial charge in [-0.3, -0.25) is 0 Å². The number of rotatable bonds is 5. The summed E-state index contributed by atoms with van der Waals surface area (Å²) in [6.45, 7) is 2.20. The van der Waals surface area contributed by atoms with Crippen LogP contribution in [0.5, 0.6) is 0 Å². The Morgan fingerprint density at radius 3 is 2.83 bits per heavy atom. The fourth-order valence-corrected chi connectivity index (χ4v) is 0.591. The van der Waals surface area contributed by atoms with Gasteiger partial charge in [0.2, 0.25) is 0 Å². The summed E-state index contributed by atoms with van der Waals surface area (Å²) in [7, 11) is 0. The Labute approximate surface area is 71.1 Å². The monoisotopic (exact) mass is 169 g/mol. The SMILES string of the molecule is CCOC=C(CCC#N)C(=O)O. The Balaban J connectivity index is 4.05. The average molecular weight is 169 g/mol. The van der Waals surface area contributed by atoms with Crippen LogP contribution >= 0.6 is 0 Å². The van der Waals surface area contributed by atoms with E-state index >= 15 is 0 Å². The highest BCUT2D eigenvalue weighted by Gasteiger charge is 2.06. The molecule has 0 aromatic carbocycles. The fourth-order valence-electron chi connectivity index (χ4n) is 0.591. The number of ether oxygens (including phenoxy) is 1. The standard InChI is InChI=1S/C8H11NO3/c1-2-12-6-7(8(10)11)4-3-5-9/h6H,2-4H2,1H3,(H,10,11). The van der Waals surface area contributed by atoms with Crippen LogP contribution in [0, 0.1) is 11.3 Å². The van der Waals surface area contributed by atoms with Gasteiger partial charge < -0.3 is 9.84 Å². The van der Waals surface area contributed by atoms with Gasteiger partial charge in [-0.2, -0.15) is 5.26 Å². The first-order valence-corrected chi connectivity index (χ1v) is 3.63. The summed E-state index contributed by atoms with van der Waals surface area (Å²) < 4.78 is 4.80. The zero-order valence-corrected chi connectivity index (χ0v) is 6.91. The number of aliphatic carboxylic acids is 1. The van der Waals surface area contributed by atoms with Gasteiger partial charge >= 0.3 is 5.97 Å². The quantitative estimate of drug-likeness (QED) is 0.497. The van der Waals surface area contributed by atoms with E-state index in [2.05, 4.69) is 0 Å². The van der Waals surface area contributed by atoms with Crippen molar-refractivity contribution in [2.24, 2.45) is 0 Å². The maximum Gasteiger partial charge on any atom is 0.334 e. The van der Waals surface area contributed by atoms with Gasteiger partial charge in [0, 0.05) is 6.42 Å². The lowest BCUT2D eigenvalue weighted by atomic mass is 10.2. The van der Waals surface area contributed by atoms with Crippen LogP contribution in [-0.2, 0) is 9.53 Å². The number of nitrogens with zero attached hydrogens (tertiary/aromatic N) is 1. The second-order valence-electron chi connectivity index (χ2n) is 2.06. The van der Waals surface area contributed by atoms with Gasteiger partial charge in [0.15, 0.2) is 0 Å². The maximum absolute atomic E-state index is 10.5. The van der Waals surface area contributed by atoms with E-state index in [-0.39, 0.29) is 18.4 Å². The van der Waals surface area contributed by atoms with Crippen molar-refractivity contribution in [1.82, 2.24) is 0 Å². The summed E-state index contributed by atoms with van der Waals surface area (Å²) >= 11 is 0. The lowest BCUT2D eigenvalue weighted by molar-refractivity contribution is -0.133. The van der Waals surface area contributed by atoms with Gasteiger partial charge in [-0.15, -0.1) is 0 Å². The first-order chi connectivity index (χ1) is 5.72. The second kappa shape index (κ2) is 6.23. The highest BCUT2D eigenvalue weighted by Crippen LogP contribution is 2.04. The molecule has 0 amide bonds. The minimum atomic E-state index is -1.03. The van der Waals surface area contributed by atoms with Crippen LogP contribution in [0.2, 0.25) is 0 Å². The van der Waals surface area contributed by atoms with E-state index in [0.717, 1.165) is 0 Å². The Morgan fingerprint density at radius 2 is 2.42 bits per heavy atom. The molecule has 0 heterocycles. The third kappa shape index (κ3) is 4.34. The van der Waals surface area contributed by atoms with Crippen LogP contribution in [0.1, 0.15) is 19.8 Å². The molecule has 0 spiro atoms. The minimum absolute atomic E-state index is 0.137. The summed E-state index contributed by atoms with van der Waals surface area (Å²) in [6.07, 6.45) is 1.62. The molecule has 12 heavy (non-hydrogen) atoms. The van der Waals surface area contributed by atoms with E-state index in [0.29, 0.717) is 6.61 Å². The average Bonchev–Trinajstić information content (AvgIpc) is 2.04. The molecule has 0 unspecified atom stereocenters. The summed E-state index contributed by atoms with van der Waals surface area (Å²) in [5.74, 6) is -1.03. The van der Waals surface area contributed by atoms with E-state index in [1.165, 1.54) is 6.26 Å². The summed E-state index contributed by atoms with van der Waals surface area (Å²) in [6, 6.07) is 1.87. The number of carbonyl (C=O) groups is 1. The van der Waals surface area contributed by atoms with Gasteiger partial charge in [-0.05, 0) is 13.3 Å². The molecule has 4 heteroatoms. The van der Waals surface area contributed by atoms with Crippen molar-refractivity contribution in [1.29, 1.82) is 5.26 Å². The van der Waals surface area contributed by atoms with E-state index in [1.807, 2.05) is 6.07 Å². The van der Waals surface area contributed by atoms with Gasteiger partial charge in [-0.1, -0.05) is 0 Å². The van der Waals surface area contributed by atoms with Gasteiger partial charge in [-0.25, -0.2) is 4.79 Å². The number of hydrogen-bond acceptors (Lipinski definition) is 3. The first kappa shape index (κ1) is 10.5. The molecule has 0 aromatic heterocycles. The van der Waals surface area contributed by atoms with Crippen molar-refractivity contribution >= 4 is 5.97 Å². The molecule has 0 aromatic rings. The van der Waals surface area contributed by atoms with Crippen molar-refractivity contribution < 1.29 is 14.6 Å². The van der Waals surface area contributed by atoms with Crippen molar-refractivity contribution in [3.05, 3.63) is 11.8 Å². The maximum atomic E-state index is 10.5. The molecule has 0 rings (SSSR count). The predicted octanol–water partition coefficient (Wildman–Crippen LogP) is 1.30. The van der Waals surface area contributed by atoms with Crippen molar-refractivity contribution in [3.8, 4) is 6.07 Å². The summed E-state index contributed by atoms with van der Waals surface area (Å²) in [5, 5.41) is 16.8. The van der Waals surface area contributed by atoms with Crippen LogP contribution in [0.25, 0.3) is 0 Å². The molecule has 0 fully saturated rings. The second-order valence-corrected chi connectivity index (χ2v) is 2.06. The Hall–Kier alpha value is -1.50. The number of carboxylic acid groups (broad SMARTS) is 1. The molecule has 0 bridgehead atoms. The molecule has 0 aliphatic carbocycles. The number of hydrogen-bond donors (Lipinski definition) is 1. The Bertz CT molecular complexity index is 215. The van der Waals surface area contributed by atoms with Crippen molar-refractivity contribution in [2.45, 2.75) is 19.8 Å². The van der Waals surface area contributed by atoms with Crippen molar-refractivity contribution in [3.63, 3.8) is 0 Å². The summed E-state index contributed by atoms with van der Waals surface area (Å²) in [5.41, 5.74) is 0.137. The molecule has 0 saturated carbocycles. The first-order valence-electron chi connectivity index (χ1n) is 3.63. The van der Waals surface area contributed by atoms with E-state index in [4.69, 9.17) is 15.1 Å². The number of carboxylic acids is 1. The minimum Gasteiger partial charge on any atom is -0.501 e. The topological polar surface area (TPSA) is 70.3 Å². The third-order valence-electron chi connectivity index (χ3n) is 1.17. The lowest BCUT2D eigenvalue weighted by Gasteiger charge is -1.98. The highest BCUT2D eigenvalue weighted by molar-refractivity contribution is 5.86. The zero-order chi connectivity index (χ0) is 9.40. The van der Waals surface area contributed by atoms with Crippen LogP contribution in [0.15, 0.2) is 11.8 Å². The van der Waals surface area contributed by atoms with Crippen LogP contribution in [-0.4, -0.2) is 17.7 Å². The summed E-state index contributed by atoms with van der Waals surface area (Å²) in [4.78, 5) is 10.5. The Morgan fingerprint density at radius 1 is 1.75 bits per heavy atom. The van der Waals surface area contributed by atoms with Crippen LogP contribution in [0.3, 0.4) is 0 Å². The van der Waals surface area contributed by atoms with Crippen LogP contribution in [0.4, 0.5) is 0 Å². The molecule has 0 aliphatic rings. The number of nitriles is 1. The zero-order valence-electron chi connectivity index (χ0n) is 6.91. The molecule has 0 saturated heterocycles. The molecule has 0 atom stereocenters. The van der Waals surface area contributed by atoms with Crippen molar-refractivity contribution in [2.75, 3.05) is 6.61 Å². The van der Waals surface area contributed by atoms with E-state index in [9.17, 15) is 4.79 Å². The van der Waals surface area contributed by atoms with Gasteiger partial charge in [0.05, 0.1) is 24.5 Å². The van der Waals surface area contributed by atoms with Gasteiger partial charge in [0.1, 0.15) is 0 Å². The largest absolute Gasteiger partial charge is 0.501 e. The van der Waals surface area contributed by atoms with Gasteiger partial charge in [0.25, 0.3) is 0 Å². The highest BCUT2D eigenvalue weighted by atomic mass is 16.5. The normalized spacial score (nSPS) is 10.5. The molecule has 0 radical (unpaired) electrons. The fraction of sp³-hybridized carbons (Fsp3) is 0.500. The Kier molecular flexibility index (Phi) is 5.45. The predicted molar refractivity (Wildman–Crippen MR) is 42.2 cm³/mol. The molecule has 4 nitrogen and oxygen atoms in total. The third-order valence-corrected chi connectivity index (χ3v) is 1.17. The molecule has 66 valence electrons.